The number of amides is 4. The quantitative estimate of drug-likeness (QED) is 0.146. The van der Waals surface area contributed by atoms with Crippen LogP contribution >= 0.6 is 0 Å². The molecule has 2 aliphatic heterocycles. The van der Waals surface area contributed by atoms with Crippen molar-refractivity contribution in [1.29, 1.82) is 0 Å². The number of nitrogens with zero attached hydrogens (tertiary/aromatic N) is 3. The summed E-state index contributed by atoms with van der Waals surface area (Å²) in [6, 6.07) is 10.2. The summed E-state index contributed by atoms with van der Waals surface area (Å²) in [5.41, 5.74) is 2.43. The summed E-state index contributed by atoms with van der Waals surface area (Å²) in [5, 5.41) is 4.48. The number of sulfonamides is 1. The van der Waals surface area contributed by atoms with Gasteiger partial charge in [0.05, 0.1) is 42.1 Å². The van der Waals surface area contributed by atoms with Crippen LogP contribution in [0.5, 0.6) is 17.4 Å². The highest BCUT2D eigenvalue weighted by Gasteiger charge is 2.63. The molecule has 0 unspecified atom stereocenters. The van der Waals surface area contributed by atoms with Gasteiger partial charge in [0.2, 0.25) is 27.7 Å². The Hall–Kier alpha value is -5.59. The molecule has 4 heterocycles. The second kappa shape index (κ2) is 20.2. The lowest BCUT2D eigenvalue weighted by molar-refractivity contribution is -0.148. The van der Waals surface area contributed by atoms with Gasteiger partial charge in [0, 0.05) is 35.3 Å². The number of primary amides is 1. The van der Waals surface area contributed by atoms with Crippen molar-refractivity contribution in [2.24, 2.45) is 23.5 Å². The molecule has 2 saturated carbocycles. The number of methoxy groups -OCH3 is 1. The third kappa shape index (κ3) is 12.0. The predicted molar refractivity (Wildman–Crippen MR) is 258 cm³/mol. The summed E-state index contributed by atoms with van der Waals surface area (Å²) in [4.78, 5) is 63.8. The smallest absolute Gasteiger partial charge is 0.405 e. The third-order valence-electron chi connectivity index (χ3n) is 13.5. The number of aromatic nitrogens is 2. The lowest BCUT2D eigenvalue weighted by Gasteiger charge is -2.29. The number of nitrogens with one attached hydrogen (secondary N) is 2. The van der Waals surface area contributed by atoms with Crippen molar-refractivity contribution in [3.8, 4) is 28.8 Å². The number of nitrogens with two attached hydrogens (primary N) is 1. The normalized spacial score (nSPS) is 25.5. The fourth-order valence-corrected chi connectivity index (χ4v) is 9.80. The molecule has 3 fully saturated rings. The first-order valence-corrected chi connectivity index (χ1v) is 24.8. The standard InChI is InChI=1S/C43H55N5O8S.C6H11F2NO2.3H2/c1-7-28-18-27(4)10-8-9-11-30-23-43(30,41(51)47-57(52,53)42(5)16-17-42)46-39(50)37-22-33(25-48(37)38(49)19-28)56-40-34-14-12-31(54-6)20-29(34)21-36(45-40)35-15-13-32(24-44-35)55-26(2)3;1-5(2,6(3,7)8)11-4(9)10;;;/h9,11-15,20-21,24,26-28,30,33,37H,7-8,10,16-19,22-23,25H2,1-6H3,(H,46,50)(H,47,51);1-3H3,(H2,9,10);3*1H/b11-9-;;;;/t27-,28+,30+,33+,37-,43+;;;;/m0..../s1. The molecule has 19 heteroatoms. The van der Waals surface area contributed by atoms with Gasteiger partial charge in [-0.1, -0.05) is 32.4 Å². The van der Waals surface area contributed by atoms with E-state index >= 15 is 0 Å². The predicted octanol–water partition coefficient (Wildman–Crippen LogP) is 8.36. The maximum Gasteiger partial charge on any atom is 0.405 e. The molecule has 4 aliphatic rings. The molecular formula is C49H72F2N6O10S. The number of halogens is 2. The first kappa shape index (κ1) is 51.8. The number of rotatable bonds is 12. The van der Waals surface area contributed by atoms with Gasteiger partial charge in [-0.3, -0.25) is 24.1 Å². The third-order valence-corrected chi connectivity index (χ3v) is 15.7. The molecule has 16 nitrogen and oxygen atoms in total. The Morgan fingerprint density at radius 3 is 2.37 bits per heavy atom. The van der Waals surface area contributed by atoms with Crippen LogP contribution in [0.2, 0.25) is 0 Å². The van der Waals surface area contributed by atoms with E-state index in [1.165, 1.54) is 0 Å². The second-order valence-electron chi connectivity index (χ2n) is 19.8. The highest BCUT2D eigenvalue weighted by atomic mass is 32.2. The van der Waals surface area contributed by atoms with Crippen LogP contribution in [0.25, 0.3) is 22.2 Å². The van der Waals surface area contributed by atoms with E-state index in [-0.39, 0.29) is 53.9 Å². The van der Waals surface area contributed by atoms with Crippen molar-refractivity contribution in [3.05, 3.63) is 54.7 Å². The molecule has 4 N–H and O–H groups in total. The number of pyridine rings is 2. The van der Waals surface area contributed by atoms with Gasteiger partial charge < -0.3 is 34.9 Å². The zero-order valence-electron chi connectivity index (χ0n) is 40.4. The summed E-state index contributed by atoms with van der Waals surface area (Å²) >= 11 is 0. The highest BCUT2D eigenvalue weighted by Crippen LogP contribution is 2.48. The average Bonchev–Trinajstić information content (AvgIpc) is 4.14. The molecule has 0 radical (unpaired) electrons. The zero-order chi connectivity index (χ0) is 50.0. The Morgan fingerprint density at radius 1 is 1.07 bits per heavy atom. The summed E-state index contributed by atoms with van der Waals surface area (Å²) in [6.07, 6.45) is 8.76. The van der Waals surface area contributed by atoms with Crippen molar-refractivity contribution in [3.63, 3.8) is 0 Å². The topological polar surface area (TPSA) is 218 Å². The largest absolute Gasteiger partial charge is 0.497 e. The minimum atomic E-state index is -3.95. The van der Waals surface area contributed by atoms with E-state index in [9.17, 15) is 36.4 Å². The van der Waals surface area contributed by atoms with Crippen LogP contribution in [-0.4, -0.2) is 101 Å². The molecule has 0 spiro atoms. The molecule has 2 aromatic heterocycles. The van der Waals surface area contributed by atoms with Crippen molar-refractivity contribution >= 4 is 44.6 Å². The summed E-state index contributed by atoms with van der Waals surface area (Å²) < 4.78 is 74.9. The van der Waals surface area contributed by atoms with Crippen LogP contribution in [0.15, 0.2) is 54.7 Å². The van der Waals surface area contributed by atoms with Gasteiger partial charge in [0.25, 0.3) is 11.8 Å². The molecule has 1 aromatic carbocycles. The number of carbonyl (C=O) groups excluding carboxylic acids is 4. The fraction of sp³-hybridized carbons (Fsp3) is 0.592. The molecule has 3 aromatic rings. The monoisotopic (exact) mass is 974 g/mol. The van der Waals surface area contributed by atoms with Gasteiger partial charge in [-0.05, 0) is 127 Å². The first-order chi connectivity index (χ1) is 31.8. The Labute approximate surface area is 402 Å². The van der Waals surface area contributed by atoms with Crippen molar-refractivity contribution in [1.82, 2.24) is 24.9 Å². The molecule has 1 saturated heterocycles. The fourth-order valence-electron chi connectivity index (χ4n) is 8.48. The Kier molecular flexibility index (Phi) is 15.4. The van der Waals surface area contributed by atoms with Crippen molar-refractivity contribution < 1.29 is 59.6 Å². The average molecular weight is 975 g/mol. The zero-order valence-corrected chi connectivity index (χ0v) is 41.2. The Balaban J connectivity index is 0.000000852. The highest BCUT2D eigenvalue weighted by molar-refractivity contribution is 7.91. The molecule has 68 heavy (non-hydrogen) atoms. The van der Waals surface area contributed by atoms with E-state index in [0.29, 0.717) is 59.8 Å². The number of benzene rings is 1. The van der Waals surface area contributed by atoms with Gasteiger partial charge in [-0.2, -0.15) is 0 Å². The number of ether oxygens (including phenoxy) is 4. The van der Waals surface area contributed by atoms with Crippen LogP contribution in [0.3, 0.4) is 0 Å². The van der Waals surface area contributed by atoms with E-state index in [1.807, 2.05) is 62.4 Å². The van der Waals surface area contributed by atoms with Crippen molar-refractivity contribution in [2.45, 2.75) is 153 Å². The number of hydrogen-bond acceptors (Lipinski definition) is 12. The molecule has 7 rings (SSSR count). The molecule has 378 valence electrons. The van der Waals surface area contributed by atoms with Crippen LogP contribution in [0.4, 0.5) is 13.6 Å². The van der Waals surface area contributed by atoms with Crippen LogP contribution in [0.1, 0.15) is 117 Å². The molecule has 4 amide bonds. The maximum atomic E-state index is 14.5. The van der Waals surface area contributed by atoms with Crippen LogP contribution < -0.4 is 30.0 Å². The summed E-state index contributed by atoms with van der Waals surface area (Å²) in [6.45, 7) is 12.8. The lowest BCUT2D eigenvalue weighted by atomic mass is 9.88. The van der Waals surface area contributed by atoms with Gasteiger partial charge in [-0.15, -0.1) is 0 Å². The van der Waals surface area contributed by atoms with Crippen LogP contribution in [0, 0.1) is 17.8 Å². The van der Waals surface area contributed by atoms with E-state index in [4.69, 9.17) is 19.2 Å². The minimum absolute atomic E-state index is 0. The number of carbonyl (C=O) groups is 4. The molecule has 0 bridgehead atoms. The van der Waals surface area contributed by atoms with E-state index in [0.717, 1.165) is 44.9 Å². The number of allylic oxidation sites excluding steroid dienone is 1. The minimum Gasteiger partial charge on any atom is -0.497 e. The number of fused-ring (bicyclic) bond motifs is 3. The van der Waals surface area contributed by atoms with Gasteiger partial charge in [-0.25, -0.2) is 27.0 Å². The van der Waals surface area contributed by atoms with Crippen LogP contribution in [-0.2, 0) is 29.1 Å². The van der Waals surface area contributed by atoms with E-state index < -0.39 is 61.9 Å². The Morgan fingerprint density at radius 2 is 1.78 bits per heavy atom. The number of alkyl halides is 2. The second-order valence-corrected chi connectivity index (χ2v) is 22.0. The van der Waals surface area contributed by atoms with Gasteiger partial charge in [0.15, 0.2) is 5.60 Å². The molecule has 6 atom stereocenters. The van der Waals surface area contributed by atoms with E-state index in [2.05, 4.69) is 39.3 Å². The first-order valence-electron chi connectivity index (χ1n) is 23.3. The van der Waals surface area contributed by atoms with Crippen molar-refractivity contribution in [2.75, 3.05) is 13.7 Å². The van der Waals surface area contributed by atoms with Gasteiger partial charge in [0.1, 0.15) is 29.2 Å². The summed E-state index contributed by atoms with van der Waals surface area (Å²) in [5.74, 6) is -2.81. The van der Waals surface area contributed by atoms with Gasteiger partial charge >= 0.3 is 6.09 Å². The summed E-state index contributed by atoms with van der Waals surface area (Å²) in [7, 11) is -2.36. The SMILES string of the molecule is CC(F)(F)C(C)(C)OC(N)=O.CC[C@H]1CC(=O)N2C[C@H](Oc3nc(-c4ccc(OC(C)C)cn4)cc4cc(OC)ccc34)C[C@H]2C(=O)N[C@]2(C(=O)NS(=O)(=O)C3(C)CC3)C[C@H]2/C=C\CC[C@H](C)C1.[HH].[HH].[HH]. The molecular weight excluding hydrogens is 903 g/mol. The molecule has 2 aliphatic carbocycles. The number of hydrogen-bond donors (Lipinski definition) is 3. The van der Waals surface area contributed by atoms with E-state index in [1.54, 1.807) is 25.1 Å². The maximum absolute atomic E-state index is 14.5. The lowest BCUT2D eigenvalue weighted by Crippen LogP contribution is -2.57. The Bertz CT molecular complexity index is 2510.